The van der Waals surface area contributed by atoms with Crippen molar-refractivity contribution >= 4 is 17.5 Å². The third-order valence-corrected chi connectivity index (χ3v) is 3.01. The first-order valence-electron chi connectivity index (χ1n) is 5.10. The van der Waals surface area contributed by atoms with E-state index in [0.29, 0.717) is 25.1 Å². The second kappa shape index (κ2) is 4.80. The summed E-state index contributed by atoms with van der Waals surface area (Å²) >= 11 is 5.81. The van der Waals surface area contributed by atoms with E-state index < -0.39 is 5.82 Å². The molecule has 2 rings (SSSR count). The Kier molecular flexibility index (Phi) is 3.41. The summed E-state index contributed by atoms with van der Waals surface area (Å²) in [6.45, 7) is 1.09. The van der Waals surface area contributed by atoms with Crippen molar-refractivity contribution in [1.29, 1.82) is 0 Å². The summed E-state index contributed by atoms with van der Waals surface area (Å²) < 4.78 is 13.1. The Morgan fingerprint density at radius 2 is 2.38 bits per heavy atom. The lowest BCUT2D eigenvalue weighted by atomic mass is 10.2. The average molecular weight is 243 g/mol. The number of carbonyl (C=O) groups is 1. The normalized spacial score (nSPS) is 19.9. The molecule has 1 aromatic rings. The van der Waals surface area contributed by atoms with Crippen molar-refractivity contribution in [1.82, 2.24) is 10.6 Å². The van der Waals surface area contributed by atoms with E-state index >= 15 is 0 Å². The molecule has 16 heavy (non-hydrogen) atoms. The molecule has 0 aliphatic carbocycles. The minimum Gasteiger partial charge on any atom is -0.354 e. The van der Waals surface area contributed by atoms with Crippen molar-refractivity contribution in [3.8, 4) is 0 Å². The SMILES string of the molecule is O=C1CC(NCc2cccc(F)c2Cl)CN1. The second-order valence-electron chi connectivity index (χ2n) is 3.80. The molecule has 0 radical (unpaired) electrons. The third kappa shape index (κ3) is 2.51. The summed E-state index contributed by atoms with van der Waals surface area (Å²) in [6, 6.07) is 4.82. The van der Waals surface area contributed by atoms with Crippen LogP contribution in [0.4, 0.5) is 4.39 Å². The van der Waals surface area contributed by atoms with Crippen LogP contribution in [0, 0.1) is 5.82 Å². The highest BCUT2D eigenvalue weighted by molar-refractivity contribution is 6.31. The van der Waals surface area contributed by atoms with Gasteiger partial charge in [-0.1, -0.05) is 23.7 Å². The number of carbonyl (C=O) groups excluding carboxylic acids is 1. The highest BCUT2D eigenvalue weighted by Gasteiger charge is 2.20. The molecule has 1 aliphatic heterocycles. The van der Waals surface area contributed by atoms with E-state index in [-0.39, 0.29) is 17.0 Å². The van der Waals surface area contributed by atoms with Crippen LogP contribution in [0.2, 0.25) is 5.02 Å². The van der Waals surface area contributed by atoms with E-state index in [1.165, 1.54) is 6.07 Å². The standard InChI is InChI=1S/C11H12ClFN2O/c12-11-7(2-1-3-9(11)13)5-14-8-4-10(16)15-6-8/h1-3,8,14H,4-6H2,(H,15,16). The van der Waals surface area contributed by atoms with Crippen molar-refractivity contribution in [2.45, 2.75) is 19.0 Å². The summed E-state index contributed by atoms with van der Waals surface area (Å²) in [5.41, 5.74) is 0.709. The fraction of sp³-hybridized carbons (Fsp3) is 0.364. The van der Waals surface area contributed by atoms with Crippen LogP contribution in [0.1, 0.15) is 12.0 Å². The number of nitrogens with one attached hydrogen (secondary N) is 2. The van der Waals surface area contributed by atoms with E-state index in [1.54, 1.807) is 12.1 Å². The van der Waals surface area contributed by atoms with Crippen molar-refractivity contribution in [3.05, 3.63) is 34.6 Å². The summed E-state index contributed by atoms with van der Waals surface area (Å²) in [5.74, 6) is -0.371. The Bertz CT molecular complexity index is 411. The molecule has 0 bridgehead atoms. The van der Waals surface area contributed by atoms with Gasteiger partial charge in [-0.3, -0.25) is 4.79 Å². The van der Waals surface area contributed by atoms with Crippen LogP contribution in [0.25, 0.3) is 0 Å². The molecule has 1 saturated heterocycles. The number of rotatable bonds is 3. The van der Waals surface area contributed by atoms with E-state index in [0.717, 1.165) is 0 Å². The van der Waals surface area contributed by atoms with E-state index in [9.17, 15) is 9.18 Å². The molecule has 3 nitrogen and oxygen atoms in total. The zero-order valence-electron chi connectivity index (χ0n) is 8.59. The highest BCUT2D eigenvalue weighted by Crippen LogP contribution is 2.19. The van der Waals surface area contributed by atoms with Crippen LogP contribution in [0.5, 0.6) is 0 Å². The predicted molar refractivity (Wildman–Crippen MR) is 59.7 cm³/mol. The molecule has 5 heteroatoms. The van der Waals surface area contributed by atoms with Gasteiger partial charge in [-0.2, -0.15) is 0 Å². The number of hydrogen-bond donors (Lipinski definition) is 2. The molecule has 1 atom stereocenters. The van der Waals surface area contributed by atoms with Gasteiger partial charge >= 0.3 is 0 Å². The van der Waals surface area contributed by atoms with E-state index in [2.05, 4.69) is 10.6 Å². The van der Waals surface area contributed by atoms with Crippen LogP contribution >= 0.6 is 11.6 Å². The first-order valence-corrected chi connectivity index (χ1v) is 5.47. The molecule has 1 amide bonds. The minimum absolute atomic E-state index is 0.0443. The van der Waals surface area contributed by atoms with E-state index in [4.69, 9.17) is 11.6 Å². The largest absolute Gasteiger partial charge is 0.354 e. The molecule has 1 aliphatic rings. The molecule has 1 unspecified atom stereocenters. The van der Waals surface area contributed by atoms with Gasteiger partial charge in [0.2, 0.25) is 5.91 Å². The highest BCUT2D eigenvalue weighted by atomic mass is 35.5. The first-order chi connectivity index (χ1) is 7.66. The zero-order valence-corrected chi connectivity index (χ0v) is 9.35. The van der Waals surface area contributed by atoms with Gasteiger partial charge in [0.1, 0.15) is 5.82 Å². The number of amides is 1. The van der Waals surface area contributed by atoms with Crippen molar-refractivity contribution in [2.75, 3.05) is 6.54 Å². The number of hydrogen-bond acceptors (Lipinski definition) is 2. The Morgan fingerprint density at radius 3 is 3.06 bits per heavy atom. The van der Waals surface area contributed by atoms with Gasteiger partial charge in [0, 0.05) is 25.6 Å². The number of benzene rings is 1. The monoisotopic (exact) mass is 242 g/mol. The number of halogens is 2. The topological polar surface area (TPSA) is 41.1 Å². The lowest BCUT2D eigenvalue weighted by molar-refractivity contribution is -0.119. The molecule has 1 heterocycles. The second-order valence-corrected chi connectivity index (χ2v) is 4.18. The van der Waals surface area contributed by atoms with Crippen LogP contribution in [0.3, 0.4) is 0 Å². The third-order valence-electron chi connectivity index (χ3n) is 2.59. The van der Waals surface area contributed by atoms with Gasteiger partial charge < -0.3 is 10.6 Å². The molecule has 1 aromatic carbocycles. The van der Waals surface area contributed by atoms with Gasteiger partial charge in [-0.05, 0) is 11.6 Å². The zero-order chi connectivity index (χ0) is 11.5. The lowest BCUT2D eigenvalue weighted by Crippen LogP contribution is -2.30. The molecular weight excluding hydrogens is 231 g/mol. The summed E-state index contributed by atoms with van der Waals surface area (Å²) in [4.78, 5) is 10.9. The minimum atomic E-state index is -0.415. The van der Waals surface area contributed by atoms with E-state index in [1.807, 2.05) is 0 Å². The maximum atomic E-state index is 13.1. The fourth-order valence-electron chi connectivity index (χ4n) is 1.69. The Morgan fingerprint density at radius 1 is 1.56 bits per heavy atom. The maximum Gasteiger partial charge on any atom is 0.221 e. The average Bonchev–Trinajstić information content (AvgIpc) is 2.67. The fourth-order valence-corrected chi connectivity index (χ4v) is 1.88. The van der Waals surface area contributed by atoms with Gasteiger partial charge in [-0.15, -0.1) is 0 Å². The quantitative estimate of drug-likeness (QED) is 0.843. The van der Waals surface area contributed by atoms with Crippen molar-refractivity contribution in [3.63, 3.8) is 0 Å². The van der Waals surface area contributed by atoms with Gasteiger partial charge in [-0.25, -0.2) is 4.39 Å². The van der Waals surface area contributed by atoms with Crippen LogP contribution < -0.4 is 10.6 Å². The summed E-state index contributed by atoms with van der Waals surface area (Å²) in [6.07, 6.45) is 0.465. The Balaban J connectivity index is 1.94. The van der Waals surface area contributed by atoms with Gasteiger partial charge in [0.05, 0.1) is 5.02 Å². The van der Waals surface area contributed by atoms with Gasteiger partial charge in [0.25, 0.3) is 0 Å². The van der Waals surface area contributed by atoms with Crippen LogP contribution in [0.15, 0.2) is 18.2 Å². The maximum absolute atomic E-state index is 13.1. The first kappa shape index (κ1) is 11.4. The Labute approximate surface area is 98.0 Å². The molecule has 86 valence electrons. The molecule has 2 N–H and O–H groups in total. The molecular formula is C11H12ClFN2O. The lowest BCUT2D eigenvalue weighted by Gasteiger charge is -2.11. The Hall–Kier alpha value is -1.13. The predicted octanol–water partition coefficient (Wildman–Crippen LogP) is 1.46. The van der Waals surface area contributed by atoms with Crippen molar-refractivity contribution < 1.29 is 9.18 Å². The molecule has 0 saturated carbocycles. The molecule has 0 spiro atoms. The van der Waals surface area contributed by atoms with Crippen molar-refractivity contribution in [2.24, 2.45) is 0 Å². The summed E-state index contributed by atoms with van der Waals surface area (Å²) in [7, 11) is 0. The van der Waals surface area contributed by atoms with Crippen LogP contribution in [-0.4, -0.2) is 18.5 Å². The van der Waals surface area contributed by atoms with Crippen LogP contribution in [-0.2, 0) is 11.3 Å². The molecule has 1 fully saturated rings. The smallest absolute Gasteiger partial charge is 0.221 e. The van der Waals surface area contributed by atoms with Gasteiger partial charge in [0.15, 0.2) is 0 Å². The summed E-state index contributed by atoms with van der Waals surface area (Å²) in [5, 5.41) is 6.03. The molecule has 0 aromatic heterocycles.